The van der Waals surface area contributed by atoms with Crippen LogP contribution in [0.2, 0.25) is 0 Å². The second-order valence-electron chi connectivity index (χ2n) is 14.8. The average molecular weight is 674 g/mol. The smallest absolute Gasteiger partial charge is 0.338 e. The summed E-state index contributed by atoms with van der Waals surface area (Å²) < 4.78 is 44.7. The first kappa shape index (κ1) is 34.3. The van der Waals surface area contributed by atoms with Gasteiger partial charge in [-0.05, 0) is 37.9 Å². The number of likely N-dealkylation sites (tertiary alicyclic amines) is 1. The number of aliphatic hydroxyl groups excluding tert-OH is 1. The lowest BCUT2D eigenvalue weighted by atomic mass is 9.42. The molecule has 1 heterocycles. The maximum atomic E-state index is 13.8. The highest BCUT2D eigenvalue weighted by Gasteiger charge is 2.91. The summed E-state index contributed by atoms with van der Waals surface area (Å²) in [5.74, 6) is -2.72. The monoisotopic (exact) mass is 673 g/mol. The Morgan fingerprint density at radius 2 is 1.69 bits per heavy atom. The third kappa shape index (κ3) is 4.00. The molecular weight excluding hydrogens is 622 g/mol. The Labute approximate surface area is 282 Å². The number of hydrogen-bond donors (Lipinski definition) is 2. The largest absolute Gasteiger partial charge is 0.462 e. The molecule has 5 saturated carbocycles. The molecule has 1 aromatic rings. The summed E-state index contributed by atoms with van der Waals surface area (Å²) in [7, 11) is 6.51. The van der Waals surface area contributed by atoms with Crippen molar-refractivity contribution in [1.82, 2.24) is 4.90 Å². The summed E-state index contributed by atoms with van der Waals surface area (Å²) >= 11 is 0. The summed E-state index contributed by atoms with van der Waals surface area (Å²) in [6, 6.07) is 8.51. The van der Waals surface area contributed by atoms with Gasteiger partial charge in [0.15, 0.2) is 0 Å². The van der Waals surface area contributed by atoms with E-state index in [4.69, 9.17) is 33.2 Å². The molecule has 7 rings (SSSR count). The molecule has 48 heavy (non-hydrogen) atoms. The number of rotatable bonds is 11. The molecule has 5 aliphatic carbocycles. The highest BCUT2D eigenvalue weighted by Crippen LogP contribution is 2.80. The molecule has 0 radical (unpaired) electrons. The Hall–Kier alpha value is -2.16. The second kappa shape index (κ2) is 12.0. The summed E-state index contributed by atoms with van der Waals surface area (Å²) in [6.45, 7) is 7.20. The number of fused-ring (bicyclic) bond motifs is 2. The maximum absolute atomic E-state index is 13.8. The molecule has 15 atom stereocenters. The van der Waals surface area contributed by atoms with Gasteiger partial charge in [-0.2, -0.15) is 0 Å². The number of ether oxygens (including phenoxy) is 7. The Kier molecular flexibility index (Phi) is 8.55. The van der Waals surface area contributed by atoms with E-state index in [-0.39, 0.29) is 36.9 Å². The third-order valence-corrected chi connectivity index (χ3v) is 13.5. The number of nitrogens with zero attached hydrogens (tertiary/aromatic N) is 1. The Morgan fingerprint density at radius 3 is 2.27 bits per heavy atom. The number of carbonyl (C=O) groups excluding carboxylic acids is 2. The lowest BCUT2D eigenvalue weighted by Gasteiger charge is -2.70. The molecule has 0 amide bonds. The van der Waals surface area contributed by atoms with Crippen LogP contribution in [-0.2, 0) is 38.0 Å². The van der Waals surface area contributed by atoms with Gasteiger partial charge in [-0.3, -0.25) is 9.69 Å². The van der Waals surface area contributed by atoms with Gasteiger partial charge in [0.05, 0.1) is 24.4 Å². The van der Waals surface area contributed by atoms with Crippen LogP contribution in [0.3, 0.4) is 0 Å². The van der Waals surface area contributed by atoms with Crippen LogP contribution in [-0.4, -0.2) is 136 Å². The van der Waals surface area contributed by atoms with Crippen molar-refractivity contribution in [3.05, 3.63) is 35.9 Å². The zero-order valence-electron chi connectivity index (χ0n) is 29.0. The van der Waals surface area contributed by atoms with Crippen LogP contribution in [0.5, 0.6) is 0 Å². The van der Waals surface area contributed by atoms with E-state index in [0.717, 1.165) is 0 Å². The number of methoxy groups -OCH3 is 4. The Morgan fingerprint density at radius 1 is 0.958 bits per heavy atom. The zero-order valence-corrected chi connectivity index (χ0v) is 29.0. The van der Waals surface area contributed by atoms with E-state index >= 15 is 0 Å². The Bertz CT molecular complexity index is 1400. The van der Waals surface area contributed by atoms with Crippen molar-refractivity contribution in [2.75, 3.05) is 54.7 Å². The van der Waals surface area contributed by atoms with Gasteiger partial charge in [0.2, 0.25) is 0 Å². The number of aliphatic hydroxyl groups is 2. The topological polar surface area (TPSA) is 142 Å². The van der Waals surface area contributed by atoms with Gasteiger partial charge in [-0.15, -0.1) is 0 Å². The van der Waals surface area contributed by atoms with E-state index < -0.39 is 76.5 Å². The van der Waals surface area contributed by atoms with Crippen LogP contribution in [0, 0.1) is 34.5 Å². The Balaban J connectivity index is 1.51. The summed E-state index contributed by atoms with van der Waals surface area (Å²) in [4.78, 5) is 28.9. The first-order chi connectivity index (χ1) is 23.0. The predicted molar refractivity (Wildman–Crippen MR) is 170 cm³/mol. The molecule has 0 aromatic heterocycles. The van der Waals surface area contributed by atoms with E-state index in [1.165, 1.54) is 14.0 Å². The van der Waals surface area contributed by atoms with Gasteiger partial charge in [-0.1, -0.05) is 25.1 Å². The molecular formula is C36H51NO11. The van der Waals surface area contributed by atoms with E-state index in [0.29, 0.717) is 31.7 Å². The molecule has 6 fully saturated rings. The number of hydrogen-bond acceptors (Lipinski definition) is 12. The van der Waals surface area contributed by atoms with E-state index in [2.05, 4.69) is 11.8 Å². The molecule has 1 spiro atoms. The lowest BCUT2D eigenvalue weighted by molar-refractivity contribution is -0.330. The minimum absolute atomic E-state index is 0.170. The van der Waals surface area contributed by atoms with E-state index in [9.17, 15) is 19.8 Å². The minimum atomic E-state index is -1.74. The first-order valence-corrected chi connectivity index (χ1v) is 17.3. The number of esters is 2. The quantitative estimate of drug-likeness (QED) is 0.330. The van der Waals surface area contributed by atoms with Gasteiger partial charge >= 0.3 is 11.9 Å². The molecule has 1 aliphatic heterocycles. The van der Waals surface area contributed by atoms with Crippen LogP contribution in [0.15, 0.2) is 30.3 Å². The van der Waals surface area contributed by atoms with Crippen molar-refractivity contribution in [2.45, 2.75) is 87.5 Å². The van der Waals surface area contributed by atoms with Crippen LogP contribution >= 0.6 is 0 Å². The van der Waals surface area contributed by atoms with Crippen molar-refractivity contribution in [1.29, 1.82) is 0 Å². The van der Waals surface area contributed by atoms with Gasteiger partial charge in [-0.25, -0.2) is 4.79 Å². The molecule has 266 valence electrons. The van der Waals surface area contributed by atoms with E-state index in [1.807, 2.05) is 13.0 Å². The van der Waals surface area contributed by atoms with E-state index in [1.54, 1.807) is 45.6 Å². The molecule has 1 aromatic carbocycles. The van der Waals surface area contributed by atoms with Gasteiger partial charge in [0.25, 0.3) is 0 Å². The SMILES string of the molecule is CCO[C@@]12C3C4N(CC)C[C@@]5(COC)C([C@H]3OC)C4([C@@H](OC)C[C@H]5OC(C)=O)[C@H]3C[C@@](O)([C@H](OC(=O)c4ccccc4)C31)[C@@H](OC)[C@@H]2O. The van der Waals surface area contributed by atoms with Gasteiger partial charge in [0, 0.05) is 89.6 Å². The summed E-state index contributed by atoms with van der Waals surface area (Å²) in [6.07, 6.45) is -4.37. The second-order valence-corrected chi connectivity index (χ2v) is 14.8. The van der Waals surface area contributed by atoms with Crippen LogP contribution in [0.25, 0.3) is 0 Å². The fourth-order valence-corrected chi connectivity index (χ4v) is 12.7. The van der Waals surface area contributed by atoms with Crippen LogP contribution in [0.4, 0.5) is 0 Å². The molecule has 12 nitrogen and oxygen atoms in total. The summed E-state index contributed by atoms with van der Waals surface area (Å²) in [5, 5.41) is 25.5. The molecule has 1 saturated heterocycles. The standard InChI is InChI=1S/C36H51NO11/c1-8-37-17-33(18-42-4)22(47-19(3)38)15-23(43-5)35-21-16-34(41)30(48-32(40)20-13-11-10-12-14-20)24(21)36(46-9-2,29(39)31(34)45-7)25(28(35)37)26(44-6)27(33)35/h10-14,21-31,39,41H,8-9,15-18H2,1-7H3/t21-,22+,23-,24?,25?,26-,27?,28?,29-,30+,31-,33-,34+,35?,36+/m0/s1. The van der Waals surface area contributed by atoms with Crippen molar-refractivity contribution >= 4 is 11.9 Å². The lowest BCUT2D eigenvalue weighted by Crippen LogP contribution is -2.81. The maximum Gasteiger partial charge on any atom is 0.338 e. The molecule has 5 unspecified atom stereocenters. The van der Waals surface area contributed by atoms with Crippen LogP contribution in [0.1, 0.15) is 44.0 Å². The highest BCUT2D eigenvalue weighted by atomic mass is 16.6. The first-order valence-electron chi connectivity index (χ1n) is 17.3. The molecule has 6 aliphatic rings. The average Bonchev–Trinajstić information content (AvgIpc) is 3.44. The van der Waals surface area contributed by atoms with Gasteiger partial charge in [0.1, 0.15) is 35.6 Å². The fraction of sp³-hybridized carbons (Fsp3) is 0.778. The van der Waals surface area contributed by atoms with Crippen LogP contribution < -0.4 is 0 Å². The molecule has 2 N–H and O–H groups in total. The minimum Gasteiger partial charge on any atom is -0.462 e. The van der Waals surface area contributed by atoms with Crippen molar-refractivity contribution in [3.8, 4) is 0 Å². The number of benzene rings is 1. The third-order valence-electron chi connectivity index (χ3n) is 13.5. The number of piperidine rings is 1. The van der Waals surface area contributed by atoms with Gasteiger partial charge < -0.3 is 43.4 Å². The molecule has 12 heteroatoms. The zero-order chi connectivity index (χ0) is 34.4. The fourth-order valence-electron chi connectivity index (χ4n) is 12.7. The van der Waals surface area contributed by atoms with Crippen molar-refractivity contribution in [3.63, 3.8) is 0 Å². The number of carbonyl (C=O) groups is 2. The van der Waals surface area contributed by atoms with Crippen molar-refractivity contribution in [2.24, 2.45) is 34.5 Å². The predicted octanol–water partition coefficient (Wildman–Crippen LogP) is 1.69. The molecule has 7 bridgehead atoms. The normalized spacial score (nSPS) is 48.3. The summed E-state index contributed by atoms with van der Waals surface area (Å²) in [5.41, 5.74) is -4.14. The van der Waals surface area contributed by atoms with Crippen molar-refractivity contribution < 1.29 is 53.0 Å². The highest BCUT2D eigenvalue weighted by molar-refractivity contribution is 5.89.